The van der Waals surface area contributed by atoms with Gasteiger partial charge < -0.3 is 5.11 Å². The number of carboxylic acid groups (broad SMARTS) is 1. The monoisotopic (exact) mass is 340 g/mol. The maximum Gasteiger partial charge on any atom is 0.377 e. The van der Waals surface area contributed by atoms with Gasteiger partial charge in [0.25, 0.3) is 5.78 Å². The van der Waals surface area contributed by atoms with E-state index in [1.165, 1.54) is 12.1 Å². The standard InChI is InChI=1S/C16H12N2O3.2C2H6/c1-18-14-7-6-12(8-13(14)9-17-18)10-2-4-11(5-3-10)15(19)16(20)21;2*1-2/h2-9H,1H3,(H,20,21);2*1-2H3. The van der Waals surface area contributed by atoms with Crippen molar-refractivity contribution < 1.29 is 14.7 Å². The molecule has 3 rings (SSSR count). The molecule has 0 aliphatic rings. The van der Waals surface area contributed by atoms with Gasteiger partial charge in [-0.25, -0.2) is 4.79 Å². The van der Waals surface area contributed by atoms with Crippen LogP contribution in [0.1, 0.15) is 38.1 Å². The van der Waals surface area contributed by atoms with Crippen molar-refractivity contribution in [3.05, 3.63) is 54.2 Å². The van der Waals surface area contributed by atoms with Crippen molar-refractivity contribution >= 4 is 22.7 Å². The van der Waals surface area contributed by atoms with E-state index in [4.69, 9.17) is 5.11 Å². The van der Waals surface area contributed by atoms with E-state index in [2.05, 4.69) is 5.10 Å². The second-order valence-electron chi connectivity index (χ2n) is 4.75. The van der Waals surface area contributed by atoms with Gasteiger partial charge in [0.05, 0.1) is 11.7 Å². The number of Topliss-reactive ketones (excluding diaryl/α,β-unsaturated/α-hetero) is 1. The zero-order valence-corrected chi connectivity index (χ0v) is 15.3. The van der Waals surface area contributed by atoms with Gasteiger partial charge >= 0.3 is 5.97 Å². The lowest BCUT2D eigenvalue weighted by Crippen LogP contribution is -2.12. The number of aliphatic carboxylic acids is 1. The zero-order chi connectivity index (χ0) is 19.0. The summed E-state index contributed by atoms with van der Waals surface area (Å²) in [6, 6.07) is 12.5. The second kappa shape index (κ2) is 9.37. The van der Waals surface area contributed by atoms with Crippen LogP contribution in [0.5, 0.6) is 0 Å². The molecule has 1 heterocycles. The fourth-order valence-corrected chi connectivity index (χ4v) is 2.28. The molecule has 1 aromatic heterocycles. The Bertz CT molecular complexity index is 849. The number of fused-ring (bicyclic) bond motifs is 1. The summed E-state index contributed by atoms with van der Waals surface area (Å²) in [5.74, 6) is -2.34. The van der Waals surface area contributed by atoms with Crippen molar-refractivity contribution in [3.63, 3.8) is 0 Å². The van der Waals surface area contributed by atoms with Crippen molar-refractivity contribution in [2.75, 3.05) is 0 Å². The lowest BCUT2D eigenvalue weighted by molar-refractivity contribution is -0.131. The van der Waals surface area contributed by atoms with E-state index in [0.717, 1.165) is 22.0 Å². The molecule has 0 aliphatic carbocycles. The summed E-state index contributed by atoms with van der Waals surface area (Å²) >= 11 is 0. The van der Waals surface area contributed by atoms with Gasteiger partial charge in [-0.15, -0.1) is 0 Å². The first-order valence-corrected chi connectivity index (χ1v) is 8.36. The number of aryl methyl sites for hydroxylation is 1. The zero-order valence-electron chi connectivity index (χ0n) is 15.3. The first-order chi connectivity index (χ1) is 12.1. The maximum atomic E-state index is 11.4. The molecular formula is C20H24N2O3. The lowest BCUT2D eigenvalue weighted by atomic mass is 10.0. The van der Waals surface area contributed by atoms with Crippen LogP contribution in [0.15, 0.2) is 48.7 Å². The van der Waals surface area contributed by atoms with Crippen molar-refractivity contribution in [1.29, 1.82) is 0 Å². The Kier molecular flexibility index (Phi) is 7.53. The smallest absolute Gasteiger partial charge is 0.377 e. The Morgan fingerprint density at radius 2 is 1.48 bits per heavy atom. The summed E-state index contributed by atoms with van der Waals surface area (Å²) in [5.41, 5.74) is 3.12. The molecule has 1 N–H and O–H groups in total. The lowest BCUT2D eigenvalue weighted by Gasteiger charge is -2.03. The second-order valence-corrected chi connectivity index (χ2v) is 4.75. The third-order valence-corrected chi connectivity index (χ3v) is 3.42. The van der Waals surface area contributed by atoms with Crippen molar-refractivity contribution in [2.24, 2.45) is 7.05 Å². The fourth-order valence-electron chi connectivity index (χ4n) is 2.28. The molecule has 0 bridgehead atoms. The highest BCUT2D eigenvalue weighted by molar-refractivity contribution is 6.39. The molecule has 2 aromatic carbocycles. The molecule has 132 valence electrons. The molecule has 0 fully saturated rings. The first-order valence-electron chi connectivity index (χ1n) is 8.36. The molecule has 25 heavy (non-hydrogen) atoms. The molecular weight excluding hydrogens is 316 g/mol. The summed E-state index contributed by atoms with van der Waals surface area (Å²) in [4.78, 5) is 22.0. The van der Waals surface area contributed by atoms with E-state index < -0.39 is 11.8 Å². The van der Waals surface area contributed by atoms with E-state index in [9.17, 15) is 9.59 Å². The highest BCUT2D eigenvalue weighted by atomic mass is 16.4. The number of hydrogen-bond acceptors (Lipinski definition) is 3. The van der Waals surface area contributed by atoms with Crippen LogP contribution in [-0.4, -0.2) is 26.6 Å². The summed E-state index contributed by atoms with van der Waals surface area (Å²) in [5, 5.41) is 13.9. The number of nitrogens with zero attached hydrogens (tertiary/aromatic N) is 2. The molecule has 3 aromatic rings. The molecule has 0 radical (unpaired) electrons. The molecule has 0 spiro atoms. The van der Waals surface area contributed by atoms with Crippen LogP contribution in [-0.2, 0) is 11.8 Å². The molecule has 0 saturated carbocycles. The molecule has 0 unspecified atom stereocenters. The average Bonchev–Trinajstić information content (AvgIpc) is 3.05. The van der Waals surface area contributed by atoms with Gasteiger partial charge in [-0.3, -0.25) is 9.48 Å². The molecule has 0 amide bonds. The van der Waals surface area contributed by atoms with E-state index in [1.54, 1.807) is 23.0 Å². The minimum absolute atomic E-state index is 0.175. The third-order valence-electron chi connectivity index (χ3n) is 3.42. The van der Waals surface area contributed by atoms with Gasteiger partial charge in [-0.05, 0) is 23.3 Å². The van der Waals surface area contributed by atoms with Crippen LogP contribution in [0.2, 0.25) is 0 Å². The van der Waals surface area contributed by atoms with Gasteiger partial charge in [0.15, 0.2) is 0 Å². The number of hydrogen-bond donors (Lipinski definition) is 1. The summed E-state index contributed by atoms with van der Waals surface area (Å²) in [7, 11) is 1.88. The minimum atomic E-state index is -1.44. The van der Waals surface area contributed by atoms with Crippen LogP contribution < -0.4 is 0 Å². The number of rotatable bonds is 3. The maximum absolute atomic E-state index is 11.4. The number of ketones is 1. The van der Waals surface area contributed by atoms with Gasteiger partial charge in [-0.2, -0.15) is 5.10 Å². The molecule has 0 atom stereocenters. The van der Waals surface area contributed by atoms with Gasteiger partial charge in [0.1, 0.15) is 0 Å². The quantitative estimate of drug-likeness (QED) is 0.560. The highest BCUT2D eigenvalue weighted by Crippen LogP contribution is 2.24. The molecule has 5 heteroatoms. The first kappa shape index (κ1) is 20.1. The average molecular weight is 340 g/mol. The van der Waals surface area contributed by atoms with Crippen LogP contribution in [0.3, 0.4) is 0 Å². The van der Waals surface area contributed by atoms with Crippen LogP contribution >= 0.6 is 0 Å². The van der Waals surface area contributed by atoms with Crippen LogP contribution in [0, 0.1) is 0 Å². The van der Waals surface area contributed by atoms with Gasteiger partial charge in [-0.1, -0.05) is 58.0 Å². The minimum Gasteiger partial charge on any atom is -0.475 e. The topological polar surface area (TPSA) is 72.2 Å². The SMILES string of the molecule is CC.CC.Cn1ncc2cc(-c3ccc(C(=O)C(=O)O)cc3)ccc21. The van der Waals surface area contributed by atoms with Crippen molar-refractivity contribution in [3.8, 4) is 11.1 Å². The summed E-state index contributed by atoms with van der Waals surface area (Å²) in [6.07, 6.45) is 1.79. The van der Waals surface area contributed by atoms with Crippen molar-refractivity contribution in [1.82, 2.24) is 9.78 Å². The van der Waals surface area contributed by atoms with Crippen molar-refractivity contribution in [2.45, 2.75) is 27.7 Å². The van der Waals surface area contributed by atoms with Crippen LogP contribution in [0.25, 0.3) is 22.0 Å². The number of carboxylic acids is 1. The molecule has 5 nitrogen and oxygen atoms in total. The third kappa shape index (κ3) is 4.53. The predicted octanol–water partition coefficient (Wildman–Crippen LogP) is 4.56. The summed E-state index contributed by atoms with van der Waals surface area (Å²) < 4.78 is 1.80. The summed E-state index contributed by atoms with van der Waals surface area (Å²) in [6.45, 7) is 8.00. The van der Waals surface area contributed by atoms with E-state index in [0.29, 0.717) is 0 Å². The number of carbonyl (C=O) groups is 2. The highest BCUT2D eigenvalue weighted by Gasteiger charge is 2.14. The van der Waals surface area contributed by atoms with E-state index in [1.807, 2.05) is 52.9 Å². The number of carbonyl (C=O) groups excluding carboxylic acids is 1. The Morgan fingerprint density at radius 1 is 0.920 bits per heavy atom. The van der Waals surface area contributed by atoms with E-state index >= 15 is 0 Å². The Labute approximate surface area is 147 Å². The van der Waals surface area contributed by atoms with Crippen LogP contribution in [0.4, 0.5) is 0 Å². The molecule has 0 saturated heterocycles. The number of aromatic nitrogens is 2. The predicted molar refractivity (Wildman–Crippen MR) is 101 cm³/mol. The number of benzene rings is 2. The Hall–Kier alpha value is -2.95. The van der Waals surface area contributed by atoms with Gasteiger partial charge in [0.2, 0.25) is 0 Å². The van der Waals surface area contributed by atoms with E-state index in [-0.39, 0.29) is 5.56 Å². The Balaban J connectivity index is 0.000000730. The Morgan fingerprint density at radius 3 is 2.04 bits per heavy atom. The van der Waals surface area contributed by atoms with Gasteiger partial charge in [0, 0.05) is 18.0 Å². The normalized spacial score (nSPS) is 9.48. The fraction of sp³-hybridized carbons (Fsp3) is 0.250. The largest absolute Gasteiger partial charge is 0.475 e. The molecule has 0 aliphatic heterocycles.